The molecular formula is C23H24F2N2O. The van der Waals surface area contributed by atoms with Crippen LogP contribution >= 0.6 is 0 Å². The van der Waals surface area contributed by atoms with Crippen LogP contribution in [0.1, 0.15) is 32.8 Å². The van der Waals surface area contributed by atoms with Crippen LogP contribution in [0, 0.1) is 23.0 Å². The molecule has 0 fully saturated rings. The van der Waals surface area contributed by atoms with Crippen molar-refractivity contribution >= 4 is 22.5 Å². The third kappa shape index (κ3) is 4.53. The second kappa shape index (κ2) is 8.05. The van der Waals surface area contributed by atoms with Crippen LogP contribution in [0.3, 0.4) is 0 Å². The van der Waals surface area contributed by atoms with Gasteiger partial charge >= 0.3 is 0 Å². The molecule has 1 heterocycles. The first-order chi connectivity index (χ1) is 13.3. The topological polar surface area (TPSA) is 42.0 Å². The quantitative estimate of drug-likeness (QED) is 0.590. The number of nitrogens with zero attached hydrogens (tertiary/aromatic N) is 1. The second-order valence-corrected chi connectivity index (χ2v) is 7.96. The Kier molecular flexibility index (Phi) is 5.73. The summed E-state index contributed by atoms with van der Waals surface area (Å²) in [5.74, 6) is -0.590. The molecule has 5 heteroatoms. The number of benzene rings is 2. The van der Waals surface area contributed by atoms with Crippen molar-refractivity contribution in [2.45, 2.75) is 33.6 Å². The van der Waals surface area contributed by atoms with E-state index in [4.69, 9.17) is 0 Å². The zero-order valence-corrected chi connectivity index (χ0v) is 16.3. The van der Waals surface area contributed by atoms with Gasteiger partial charge in [0.05, 0.1) is 17.3 Å². The minimum Gasteiger partial charge on any atom is -0.324 e. The Bertz CT molecular complexity index is 1000. The minimum atomic E-state index is -0.723. The summed E-state index contributed by atoms with van der Waals surface area (Å²) < 4.78 is 27.4. The molecule has 146 valence electrons. The normalized spacial score (nSPS) is 13.5. The number of para-hydroxylation sites is 1. The minimum absolute atomic E-state index is 0.164. The number of hydrogen-bond donors (Lipinski definition) is 1. The highest BCUT2D eigenvalue weighted by Crippen LogP contribution is 2.32. The summed E-state index contributed by atoms with van der Waals surface area (Å²) in [5.41, 5.74) is 0.832. The van der Waals surface area contributed by atoms with Crippen LogP contribution in [0.25, 0.3) is 10.9 Å². The molecule has 0 radical (unpaired) electrons. The lowest BCUT2D eigenvalue weighted by Gasteiger charge is -2.30. The fourth-order valence-electron chi connectivity index (χ4n) is 3.72. The van der Waals surface area contributed by atoms with Crippen molar-refractivity contribution in [2.75, 3.05) is 5.32 Å². The summed E-state index contributed by atoms with van der Waals surface area (Å²) in [6.45, 7) is 6.00. The Labute approximate surface area is 163 Å². The van der Waals surface area contributed by atoms with Gasteiger partial charge in [0.2, 0.25) is 5.91 Å². The van der Waals surface area contributed by atoms with E-state index in [1.807, 2.05) is 13.0 Å². The number of anilines is 1. The van der Waals surface area contributed by atoms with Crippen LogP contribution < -0.4 is 5.32 Å². The Morgan fingerprint density at radius 2 is 1.89 bits per heavy atom. The van der Waals surface area contributed by atoms with Gasteiger partial charge in [0.25, 0.3) is 0 Å². The maximum Gasteiger partial charge on any atom is 0.230 e. The number of halogens is 2. The fourth-order valence-corrected chi connectivity index (χ4v) is 3.72. The first-order valence-electron chi connectivity index (χ1n) is 9.37. The Morgan fingerprint density at radius 3 is 2.61 bits per heavy atom. The van der Waals surface area contributed by atoms with Crippen molar-refractivity contribution < 1.29 is 13.6 Å². The summed E-state index contributed by atoms with van der Waals surface area (Å²) >= 11 is 0. The van der Waals surface area contributed by atoms with Crippen molar-refractivity contribution in [3.8, 4) is 0 Å². The molecule has 1 N–H and O–H groups in total. The summed E-state index contributed by atoms with van der Waals surface area (Å²) in [7, 11) is 0. The third-order valence-corrected chi connectivity index (χ3v) is 4.81. The number of nitrogens with one attached hydrogen (secondary N) is 1. The highest BCUT2D eigenvalue weighted by molar-refractivity contribution is 5.96. The van der Waals surface area contributed by atoms with E-state index in [0.717, 1.165) is 5.56 Å². The van der Waals surface area contributed by atoms with E-state index in [9.17, 15) is 13.6 Å². The summed E-state index contributed by atoms with van der Waals surface area (Å²) in [4.78, 5) is 17.3. The highest BCUT2D eigenvalue weighted by atomic mass is 19.1. The maximum atomic E-state index is 13.8. The Morgan fingerprint density at radius 1 is 1.14 bits per heavy atom. The van der Waals surface area contributed by atoms with Gasteiger partial charge in [-0.1, -0.05) is 45.0 Å². The summed E-state index contributed by atoms with van der Waals surface area (Å²) in [6.07, 6.45) is 2.52. The first kappa shape index (κ1) is 19.9. The fraction of sp³-hybridized carbons (Fsp3) is 0.304. The van der Waals surface area contributed by atoms with E-state index in [2.05, 4.69) is 24.1 Å². The van der Waals surface area contributed by atoms with Gasteiger partial charge in [-0.15, -0.1) is 0 Å². The molecule has 3 rings (SSSR count). The molecule has 2 aromatic carbocycles. The third-order valence-electron chi connectivity index (χ3n) is 4.81. The lowest BCUT2D eigenvalue weighted by atomic mass is 9.76. The van der Waals surface area contributed by atoms with Crippen LogP contribution in [0.5, 0.6) is 0 Å². The molecule has 3 aromatic rings. The van der Waals surface area contributed by atoms with Crippen molar-refractivity contribution in [2.24, 2.45) is 11.3 Å². The monoisotopic (exact) mass is 382 g/mol. The number of aromatic nitrogens is 1. The van der Waals surface area contributed by atoms with Gasteiger partial charge in [0.1, 0.15) is 17.2 Å². The van der Waals surface area contributed by atoms with Crippen molar-refractivity contribution in [3.63, 3.8) is 0 Å². The van der Waals surface area contributed by atoms with Crippen molar-refractivity contribution in [3.05, 3.63) is 71.9 Å². The van der Waals surface area contributed by atoms with Gasteiger partial charge in [0.15, 0.2) is 0 Å². The van der Waals surface area contributed by atoms with E-state index in [-0.39, 0.29) is 23.2 Å². The average molecular weight is 382 g/mol. The molecule has 0 aliphatic rings. The van der Waals surface area contributed by atoms with Crippen LogP contribution in [0.4, 0.5) is 14.5 Å². The molecule has 0 spiro atoms. The molecule has 0 aliphatic carbocycles. The van der Waals surface area contributed by atoms with E-state index in [0.29, 0.717) is 23.9 Å². The molecular weight excluding hydrogens is 358 g/mol. The van der Waals surface area contributed by atoms with E-state index < -0.39 is 11.2 Å². The lowest BCUT2D eigenvalue weighted by Crippen LogP contribution is -2.37. The van der Waals surface area contributed by atoms with Gasteiger partial charge in [-0.3, -0.25) is 9.78 Å². The zero-order chi connectivity index (χ0) is 20.3. The number of fused-ring (bicyclic) bond motifs is 1. The number of carbonyl (C=O) groups excluding carboxylic acids is 1. The van der Waals surface area contributed by atoms with E-state index in [1.165, 1.54) is 24.4 Å². The largest absolute Gasteiger partial charge is 0.324 e. The molecule has 0 saturated carbocycles. The van der Waals surface area contributed by atoms with Crippen LogP contribution in [-0.2, 0) is 11.2 Å². The van der Waals surface area contributed by atoms with E-state index in [1.54, 1.807) is 24.3 Å². The Balaban J connectivity index is 1.87. The van der Waals surface area contributed by atoms with Gasteiger partial charge < -0.3 is 5.32 Å². The SMILES string of the molecule is CC(C)CC(C)(Cc1cccc(F)c1)C(=O)Nc1cnc2c(F)cccc2c1. The molecule has 3 nitrogen and oxygen atoms in total. The first-order valence-corrected chi connectivity index (χ1v) is 9.37. The molecule has 0 bridgehead atoms. The number of hydrogen-bond acceptors (Lipinski definition) is 2. The van der Waals surface area contributed by atoms with Crippen molar-refractivity contribution in [1.82, 2.24) is 4.98 Å². The van der Waals surface area contributed by atoms with Crippen LogP contribution in [0.15, 0.2) is 54.7 Å². The Hall–Kier alpha value is -2.82. The molecule has 0 saturated heterocycles. The molecule has 1 amide bonds. The summed E-state index contributed by atoms with van der Waals surface area (Å²) in [6, 6.07) is 12.8. The predicted molar refractivity (Wildman–Crippen MR) is 108 cm³/mol. The maximum absolute atomic E-state index is 13.8. The predicted octanol–water partition coefficient (Wildman–Crippen LogP) is 5.75. The number of amides is 1. The number of pyridine rings is 1. The van der Waals surface area contributed by atoms with Crippen LogP contribution in [-0.4, -0.2) is 10.9 Å². The highest BCUT2D eigenvalue weighted by Gasteiger charge is 2.34. The van der Waals surface area contributed by atoms with Gasteiger partial charge in [0, 0.05) is 5.39 Å². The van der Waals surface area contributed by atoms with Crippen LogP contribution in [0.2, 0.25) is 0 Å². The molecule has 1 unspecified atom stereocenters. The average Bonchev–Trinajstić information content (AvgIpc) is 2.61. The van der Waals surface area contributed by atoms with Gasteiger partial charge in [-0.05, 0) is 48.6 Å². The number of rotatable bonds is 6. The summed E-state index contributed by atoms with van der Waals surface area (Å²) in [5, 5.41) is 3.54. The molecule has 1 aromatic heterocycles. The number of carbonyl (C=O) groups is 1. The van der Waals surface area contributed by atoms with Crippen molar-refractivity contribution in [1.29, 1.82) is 0 Å². The van der Waals surface area contributed by atoms with E-state index >= 15 is 0 Å². The smallest absolute Gasteiger partial charge is 0.230 e. The zero-order valence-electron chi connectivity index (χ0n) is 16.3. The lowest BCUT2D eigenvalue weighted by molar-refractivity contribution is -0.125. The molecule has 28 heavy (non-hydrogen) atoms. The second-order valence-electron chi connectivity index (χ2n) is 7.96. The molecule has 1 atom stereocenters. The van der Waals surface area contributed by atoms with Gasteiger partial charge in [-0.2, -0.15) is 0 Å². The van der Waals surface area contributed by atoms with Gasteiger partial charge in [-0.25, -0.2) is 8.78 Å². The molecule has 0 aliphatic heterocycles. The standard InChI is InChI=1S/C23H24F2N2O/c1-15(2)12-23(3,13-16-6-4-8-18(24)10-16)22(28)27-19-11-17-7-5-9-20(25)21(17)26-14-19/h4-11,14-15H,12-13H2,1-3H3,(H,27,28).